The Hall–Kier alpha value is -0.570. The molecule has 3 N–H and O–H groups in total. The molecule has 3 atom stereocenters. The third kappa shape index (κ3) is 0.805. The Morgan fingerprint density at radius 1 is 1.55 bits per heavy atom. The van der Waals surface area contributed by atoms with Gasteiger partial charge in [-0.1, -0.05) is 0 Å². The highest BCUT2D eigenvalue weighted by Gasteiger charge is 2.53. The van der Waals surface area contributed by atoms with Crippen molar-refractivity contribution in [1.82, 2.24) is 0 Å². The third-order valence-electron chi connectivity index (χ3n) is 3.24. The molecule has 0 saturated heterocycles. The number of primary amides is 1. The van der Waals surface area contributed by atoms with E-state index < -0.39 is 11.5 Å². The van der Waals surface area contributed by atoms with E-state index >= 15 is 0 Å². The summed E-state index contributed by atoms with van der Waals surface area (Å²) in [5, 5.41) is 9.78. The van der Waals surface area contributed by atoms with Crippen molar-refractivity contribution in [1.29, 1.82) is 0 Å². The van der Waals surface area contributed by atoms with Gasteiger partial charge in [-0.2, -0.15) is 0 Å². The number of hydrogen-bond acceptors (Lipinski definition) is 2. The molecule has 0 aliphatic heterocycles. The minimum absolute atomic E-state index is 0.157. The summed E-state index contributed by atoms with van der Waals surface area (Å²) in [5.41, 5.74) is 3.98. The maximum absolute atomic E-state index is 10.9. The molecule has 0 aromatic rings. The molecule has 11 heavy (non-hydrogen) atoms. The average Bonchev–Trinajstić information content (AvgIpc) is 2.45. The van der Waals surface area contributed by atoms with Gasteiger partial charge in [0.05, 0.1) is 0 Å². The first-order chi connectivity index (χ1) is 5.13. The van der Waals surface area contributed by atoms with Crippen molar-refractivity contribution in [2.45, 2.75) is 31.3 Å². The van der Waals surface area contributed by atoms with Crippen LogP contribution in [-0.4, -0.2) is 16.6 Å². The number of aliphatic hydroxyl groups is 1. The van der Waals surface area contributed by atoms with Gasteiger partial charge in [0.25, 0.3) is 0 Å². The number of carbonyl (C=O) groups is 1. The Kier molecular flexibility index (Phi) is 1.27. The molecule has 1 amide bonds. The summed E-state index contributed by atoms with van der Waals surface area (Å²) in [5.74, 6) is 0.187. The summed E-state index contributed by atoms with van der Waals surface area (Å²) in [7, 11) is 0. The molecule has 62 valence electrons. The summed E-state index contributed by atoms with van der Waals surface area (Å²) in [4.78, 5) is 10.9. The summed E-state index contributed by atoms with van der Waals surface area (Å²) in [6.45, 7) is 0. The molecule has 2 fully saturated rings. The van der Waals surface area contributed by atoms with Crippen LogP contribution in [0.4, 0.5) is 0 Å². The molecular formula is C8H13NO2. The van der Waals surface area contributed by atoms with Crippen LogP contribution in [0.2, 0.25) is 0 Å². The largest absolute Gasteiger partial charge is 0.380 e. The number of fused-ring (bicyclic) bond motifs is 2. The highest BCUT2D eigenvalue weighted by atomic mass is 16.3. The van der Waals surface area contributed by atoms with Gasteiger partial charge in [0.1, 0.15) is 5.60 Å². The maximum Gasteiger partial charge on any atom is 0.249 e. The fourth-order valence-electron chi connectivity index (χ4n) is 2.60. The van der Waals surface area contributed by atoms with Gasteiger partial charge in [-0.05, 0) is 37.5 Å². The minimum atomic E-state index is -1.15. The molecule has 2 saturated carbocycles. The Balaban J connectivity index is 2.23. The van der Waals surface area contributed by atoms with Gasteiger partial charge in [0, 0.05) is 0 Å². The summed E-state index contributed by atoms with van der Waals surface area (Å²) in [6.07, 6.45) is 3.75. The van der Waals surface area contributed by atoms with E-state index in [0.717, 1.165) is 12.8 Å². The second-order valence-electron chi connectivity index (χ2n) is 3.87. The zero-order valence-corrected chi connectivity index (χ0v) is 6.42. The molecule has 3 nitrogen and oxygen atoms in total. The topological polar surface area (TPSA) is 63.3 Å². The van der Waals surface area contributed by atoms with Crippen molar-refractivity contribution in [3.63, 3.8) is 0 Å². The summed E-state index contributed by atoms with van der Waals surface area (Å²) < 4.78 is 0. The van der Waals surface area contributed by atoms with Crippen LogP contribution in [0.1, 0.15) is 25.7 Å². The van der Waals surface area contributed by atoms with E-state index in [9.17, 15) is 9.90 Å². The van der Waals surface area contributed by atoms with Crippen LogP contribution >= 0.6 is 0 Å². The molecule has 3 heteroatoms. The number of amides is 1. The van der Waals surface area contributed by atoms with Crippen molar-refractivity contribution >= 4 is 5.91 Å². The van der Waals surface area contributed by atoms with E-state index in [1.165, 1.54) is 6.42 Å². The second-order valence-corrected chi connectivity index (χ2v) is 3.87. The quantitative estimate of drug-likeness (QED) is 0.560. The molecule has 3 unspecified atom stereocenters. The predicted molar refractivity (Wildman–Crippen MR) is 39.6 cm³/mol. The Morgan fingerprint density at radius 3 is 2.55 bits per heavy atom. The second kappa shape index (κ2) is 1.97. The van der Waals surface area contributed by atoms with E-state index in [0.29, 0.717) is 12.3 Å². The molecule has 0 spiro atoms. The fraction of sp³-hybridized carbons (Fsp3) is 0.875. The summed E-state index contributed by atoms with van der Waals surface area (Å²) >= 11 is 0. The average molecular weight is 155 g/mol. The van der Waals surface area contributed by atoms with Gasteiger partial charge in [0.15, 0.2) is 0 Å². The lowest BCUT2D eigenvalue weighted by atomic mass is 9.84. The van der Waals surface area contributed by atoms with Gasteiger partial charge < -0.3 is 10.8 Å². The van der Waals surface area contributed by atoms with Crippen LogP contribution in [0.5, 0.6) is 0 Å². The molecule has 2 aliphatic rings. The smallest absolute Gasteiger partial charge is 0.249 e. The van der Waals surface area contributed by atoms with Gasteiger partial charge in [-0.25, -0.2) is 0 Å². The molecule has 0 aromatic carbocycles. The molecule has 0 radical (unpaired) electrons. The van der Waals surface area contributed by atoms with Gasteiger partial charge in [-0.3, -0.25) is 4.79 Å². The van der Waals surface area contributed by atoms with Crippen LogP contribution in [0, 0.1) is 11.8 Å². The predicted octanol–water partition coefficient (Wildman–Crippen LogP) is 0.0228. The SMILES string of the molecule is NC(=O)C1(O)CC2CCC1C2. The van der Waals surface area contributed by atoms with Gasteiger partial charge >= 0.3 is 0 Å². The van der Waals surface area contributed by atoms with Crippen LogP contribution in [0.25, 0.3) is 0 Å². The first-order valence-electron chi connectivity index (χ1n) is 4.15. The standard InChI is InChI=1S/C8H13NO2/c9-7(10)8(11)4-5-1-2-6(8)3-5/h5-6,11H,1-4H2,(H2,9,10). The zero-order valence-electron chi connectivity index (χ0n) is 6.42. The lowest BCUT2D eigenvalue weighted by Crippen LogP contribution is -2.47. The van der Waals surface area contributed by atoms with Crippen molar-refractivity contribution < 1.29 is 9.90 Å². The Morgan fingerprint density at radius 2 is 2.27 bits per heavy atom. The minimum Gasteiger partial charge on any atom is -0.380 e. The number of hydrogen-bond donors (Lipinski definition) is 2. The summed E-state index contributed by atoms with van der Waals surface area (Å²) in [6, 6.07) is 0. The van der Waals surface area contributed by atoms with E-state index in [-0.39, 0.29) is 5.92 Å². The first kappa shape index (κ1) is 7.10. The van der Waals surface area contributed by atoms with Crippen molar-refractivity contribution in [2.24, 2.45) is 17.6 Å². The van der Waals surface area contributed by atoms with Gasteiger partial charge in [0.2, 0.25) is 5.91 Å². The van der Waals surface area contributed by atoms with E-state index in [4.69, 9.17) is 5.73 Å². The lowest BCUT2D eigenvalue weighted by molar-refractivity contribution is -0.141. The Bertz CT molecular complexity index is 204. The normalized spacial score (nSPS) is 48.1. The fourth-order valence-corrected chi connectivity index (χ4v) is 2.60. The molecular weight excluding hydrogens is 142 g/mol. The zero-order chi connectivity index (χ0) is 8.06. The number of carbonyl (C=O) groups excluding carboxylic acids is 1. The molecule has 2 rings (SSSR count). The first-order valence-corrected chi connectivity index (χ1v) is 4.15. The van der Waals surface area contributed by atoms with Crippen molar-refractivity contribution in [3.8, 4) is 0 Å². The maximum atomic E-state index is 10.9. The van der Waals surface area contributed by atoms with E-state index in [1.54, 1.807) is 0 Å². The third-order valence-corrected chi connectivity index (χ3v) is 3.24. The lowest BCUT2D eigenvalue weighted by Gasteiger charge is -2.28. The van der Waals surface area contributed by atoms with Crippen LogP contribution in [0.15, 0.2) is 0 Å². The van der Waals surface area contributed by atoms with E-state index in [2.05, 4.69) is 0 Å². The molecule has 2 aliphatic carbocycles. The van der Waals surface area contributed by atoms with E-state index in [1.807, 2.05) is 0 Å². The monoisotopic (exact) mass is 155 g/mol. The molecule has 0 heterocycles. The van der Waals surface area contributed by atoms with Crippen LogP contribution in [-0.2, 0) is 4.79 Å². The molecule has 2 bridgehead atoms. The molecule has 0 aromatic heterocycles. The Labute approximate surface area is 65.6 Å². The van der Waals surface area contributed by atoms with Crippen molar-refractivity contribution in [2.75, 3.05) is 0 Å². The van der Waals surface area contributed by atoms with Crippen LogP contribution < -0.4 is 5.73 Å². The van der Waals surface area contributed by atoms with Gasteiger partial charge in [-0.15, -0.1) is 0 Å². The highest BCUT2D eigenvalue weighted by Crippen LogP contribution is 2.50. The van der Waals surface area contributed by atoms with Crippen molar-refractivity contribution in [3.05, 3.63) is 0 Å². The number of rotatable bonds is 1. The van der Waals surface area contributed by atoms with Crippen LogP contribution in [0.3, 0.4) is 0 Å². The highest BCUT2D eigenvalue weighted by molar-refractivity contribution is 5.84. The number of nitrogens with two attached hydrogens (primary N) is 1.